The molecule has 4 heteroatoms. The molecule has 2 aromatic rings. The van der Waals surface area contributed by atoms with Gasteiger partial charge < -0.3 is 10.0 Å². The maximum Gasteiger partial charge on any atom is 0.171 e. The molecule has 0 unspecified atom stereocenters. The summed E-state index contributed by atoms with van der Waals surface area (Å²) in [5, 5.41) is 9.10. The molecular weight excluding hydrogens is 243 g/mol. The number of benzene rings is 1. The van der Waals surface area contributed by atoms with Crippen LogP contribution in [0.5, 0.6) is 0 Å². The molecule has 0 bridgehead atoms. The van der Waals surface area contributed by atoms with E-state index in [9.17, 15) is 4.39 Å². The second-order valence-electron chi connectivity index (χ2n) is 4.27. The number of hydrogen-bond acceptors (Lipinski definition) is 3. The molecule has 1 N–H and O–H groups in total. The van der Waals surface area contributed by atoms with Gasteiger partial charge in [0.2, 0.25) is 0 Å². The van der Waals surface area contributed by atoms with Gasteiger partial charge in [-0.05, 0) is 18.6 Å². The van der Waals surface area contributed by atoms with Gasteiger partial charge in [-0.3, -0.25) is 0 Å². The number of rotatable bonds is 5. The number of aromatic nitrogens is 1. The van der Waals surface area contributed by atoms with E-state index in [0.29, 0.717) is 13.1 Å². The Morgan fingerprint density at radius 2 is 1.95 bits per heavy atom. The molecule has 0 aliphatic rings. The number of nitrogens with zero attached hydrogens (tertiary/aromatic N) is 2. The van der Waals surface area contributed by atoms with E-state index >= 15 is 0 Å². The Morgan fingerprint density at radius 1 is 1.21 bits per heavy atom. The van der Waals surface area contributed by atoms with Gasteiger partial charge in [0.1, 0.15) is 0 Å². The van der Waals surface area contributed by atoms with Crippen molar-refractivity contribution in [3.8, 4) is 0 Å². The third-order valence-corrected chi connectivity index (χ3v) is 3.02. The first-order chi connectivity index (χ1) is 9.26. The van der Waals surface area contributed by atoms with E-state index in [-0.39, 0.29) is 18.0 Å². The number of aliphatic hydroxyl groups is 1. The summed E-state index contributed by atoms with van der Waals surface area (Å²) in [5.41, 5.74) is 1.37. The molecule has 1 aromatic heterocycles. The molecule has 1 heterocycles. The Bertz CT molecular complexity index is 531. The van der Waals surface area contributed by atoms with Crippen molar-refractivity contribution in [1.29, 1.82) is 0 Å². The predicted molar refractivity (Wildman–Crippen MR) is 73.3 cm³/mol. The van der Waals surface area contributed by atoms with Crippen molar-refractivity contribution in [2.24, 2.45) is 0 Å². The second kappa shape index (κ2) is 6.29. The molecule has 0 spiro atoms. The molecule has 0 atom stereocenters. The summed E-state index contributed by atoms with van der Waals surface area (Å²) in [6.45, 7) is 2.88. The Morgan fingerprint density at radius 3 is 2.58 bits per heavy atom. The highest BCUT2D eigenvalue weighted by molar-refractivity contribution is 5.43. The zero-order chi connectivity index (χ0) is 13.7. The summed E-state index contributed by atoms with van der Waals surface area (Å²) in [4.78, 5) is 5.95. The Hall–Kier alpha value is -1.94. The maximum atomic E-state index is 14.1. The molecule has 19 heavy (non-hydrogen) atoms. The summed E-state index contributed by atoms with van der Waals surface area (Å²) >= 11 is 0. The van der Waals surface area contributed by atoms with Crippen molar-refractivity contribution in [2.75, 3.05) is 11.4 Å². The van der Waals surface area contributed by atoms with Crippen molar-refractivity contribution >= 4 is 5.82 Å². The highest BCUT2D eigenvalue weighted by Crippen LogP contribution is 2.21. The van der Waals surface area contributed by atoms with Gasteiger partial charge in [0.05, 0.1) is 6.61 Å². The number of anilines is 1. The monoisotopic (exact) mass is 260 g/mol. The largest absolute Gasteiger partial charge is 0.392 e. The molecule has 1 aromatic carbocycles. The number of pyridine rings is 1. The van der Waals surface area contributed by atoms with Crippen molar-refractivity contribution in [2.45, 2.75) is 20.1 Å². The average molecular weight is 260 g/mol. The fourth-order valence-corrected chi connectivity index (χ4v) is 1.95. The zero-order valence-corrected chi connectivity index (χ0v) is 10.9. The van der Waals surface area contributed by atoms with Crippen molar-refractivity contribution < 1.29 is 9.50 Å². The Kier molecular flexibility index (Phi) is 4.47. The lowest BCUT2D eigenvalue weighted by Crippen LogP contribution is -2.24. The summed E-state index contributed by atoms with van der Waals surface area (Å²) in [7, 11) is 0. The normalized spacial score (nSPS) is 10.5. The molecular formula is C15H17FN2O. The Balaban J connectivity index is 2.27. The summed E-state index contributed by atoms with van der Waals surface area (Å²) in [6, 6.07) is 11.3. The van der Waals surface area contributed by atoms with Crippen LogP contribution in [0.4, 0.5) is 10.2 Å². The highest BCUT2D eigenvalue weighted by Gasteiger charge is 2.14. The smallest absolute Gasteiger partial charge is 0.171 e. The quantitative estimate of drug-likeness (QED) is 0.898. The lowest BCUT2D eigenvalue weighted by molar-refractivity contribution is 0.275. The van der Waals surface area contributed by atoms with Crippen LogP contribution in [0.15, 0.2) is 42.6 Å². The van der Waals surface area contributed by atoms with Crippen LogP contribution in [-0.2, 0) is 13.2 Å². The van der Waals surface area contributed by atoms with Gasteiger partial charge in [-0.2, -0.15) is 0 Å². The van der Waals surface area contributed by atoms with Crippen LogP contribution in [0.1, 0.15) is 18.1 Å². The van der Waals surface area contributed by atoms with Gasteiger partial charge in [0, 0.05) is 24.8 Å². The molecule has 0 aliphatic heterocycles. The molecule has 0 aliphatic carbocycles. The Labute approximate surface area is 112 Å². The summed E-state index contributed by atoms with van der Waals surface area (Å²) in [5.74, 6) is -0.152. The first kappa shape index (κ1) is 13.5. The third-order valence-electron chi connectivity index (χ3n) is 3.02. The molecule has 0 amide bonds. The summed E-state index contributed by atoms with van der Waals surface area (Å²) in [6.07, 6.45) is 1.53. The van der Waals surface area contributed by atoms with Gasteiger partial charge in [-0.1, -0.05) is 30.3 Å². The van der Waals surface area contributed by atoms with Crippen LogP contribution in [0.3, 0.4) is 0 Å². The van der Waals surface area contributed by atoms with E-state index in [0.717, 1.165) is 5.56 Å². The molecule has 0 saturated heterocycles. The van der Waals surface area contributed by atoms with Crippen molar-refractivity contribution in [3.63, 3.8) is 0 Å². The van der Waals surface area contributed by atoms with Crippen LogP contribution in [0.2, 0.25) is 0 Å². The van der Waals surface area contributed by atoms with Gasteiger partial charge in [0.25, 0.3) is 0 Å². The van der Waals surface area contributed by atoms with E-state index < -0.39 is 5.82 Å². The van der Waals surface area contributed by atoms with Crippen LogP contribution >= 0.6 is 0 Å². The highest BCUT2D eigenvalue weighted by atomic mass is 19.1. The van der Waals surface area contributed by atoms with E-state index in [1.807, 2.05) is 42.2 Å². The minimum atomic E-state index is -0.442. The minimum absolute atomic E-state index is 0.275. The topological polar surface area (TPSA) is 36.4 Å². The fraction of sp³-hybridized carbons (Fsp3) is 0.267. The third kappa shape index (κ3) is 3.09. The van der Waals surface area contributed by atoms with Gasteiger partial charge in [-0.25, -0.2) is 9.37 Å². The number of hydrogen-bond donors (Lipinski definition) is 1. The lowest BCUT2D eigenvalue weighted by Gasteiger charge is -2.23. The van der Waals surface area contributed by atoms with E-state index in [1.54, 1.807) is 0 Å². The standard InChI is InChI=1S/C15H17FN2O/c1-2-18(10-12-6-4-3-5-7-12)15-14(16)13(11-19)8-9-17-15/h3-9,19H,2,10-11H2,1H3. The molecule has 100 valence electrons. The van der Waals surface area contributed by atoms with Crippen molar-refractivity contribution in [3.05, 3.63) is 59.5 Å². The fourth-order valence-electron chi connectivity index (χ4n) is 1.95. The molecule has 3 nitrogen and oxygen atoms in total. The van der Waals surface area contributed by atoms with Crippen LogP contribution < -0.4 is 4.90 Å². The number of aliphatic hydroxyl groups excluding tert-OH is 1. The first-order valence-electron chi connectivity index (χ1n) is 6.29. The van der Waals surface area contributed by atoms with Crippen LogP contribution in [-0.4, -0.2) is 16.6 Å². The first-order valence-corrected chi connectivity index (χ1v) is 6.29. The maximum absolute atomic E-state index is 14.1. The van der Waals surface area contributed by atoms with Gasteiger partial charge >= 0.3 is 0 Å². The van der Waals surface area contributed by atoms with Crippen molar-refractivity contribution in [1.82, 2.24) is 4.98 Å². The van der Waals surface area contributed by atoms with Gasteiger partial charge in [0.15, 0.2) is 11.6 Å². The zero-order valence-electron chi connectivity index (χ0n) is 10.9. The SMILES string of the molecule is CCN(Cc1ccccc1)c1nccc(CO)c1F. The average Bonchev–Trinajstić information content (AvgIpc) is 2.46. The molecule has 0 radical (unpaired) electrons. The van der Waals surface area contributed by atoms with Gasteiger partial charge in [-0.15, -0.1) is 0 Å². The predicted octanol–water partition coefficient (Wildman–Crippen LogP) is 2.74. The minimum Gasteiger partial charge on any atom is -0.392 e. The molecule has 0 saturated carbocycles. The lowest BCUT2D eigenvalue weighted by atomic mass is 10.2. The number of halogens is 1. The van der Waals surface area contributed by atoms with Crippen LogP contribution in [0, 0.1) is 5.82 Å². The van der Waals surface area contributed by atoms with E-state index in [2.05, 4.69) is 4.98 Å². The van der Waals surface area contributed by atoms with Crippen LogP contribution in [0.25, 0.3) is 0 Å². The van der Waals surface area contributed by atoms with E-state index in [1.165, 1.54) is 12.3 Å². The molecule has 0 fully saturated rings. The van der Waals surface area contributed by atoms with E-state index in [4.69, 9.17) is 5.11 Å². The molecule has 2 rings (SSSR count). The second-order valence-corrected chi connectivity index (χ2v) is 4.27. The summed E-state index contributed by atoms with van der Waals surface area (Å²) < 4.78 is 14.1.